The van der Waals surface area contributed by atoms with Crippen molar-refractivity contribution >= 4 is 32.9 Å². The molecule has 3 rings (SSSR count). The summed E-state index contributed by atoms with van der Waals surface area (Å²) >= 11 is 3.33. The number of aromatic nitrogens is 2. The highest BCUT2D eigenvalue weighted by Crippen LogP contribution is 2.27. The van der Waals surface area contributed by atoms with Gasteiger partial charge in [-0.25, -0.2) is 13.8 Å². The topological polar surface area (TPSA) is 43.8 Å². The van der Waals surface area contributed by atoms with Crippen LogP contribution in [0.25, 0.3) is 16.7 Å². The summed E-state index contributed by atoms with van der Waals surface area (Å²) in [4.78, 5) is 4.04. The second-order valence-corrected chi connectivity index (χ2v) is 4.93. The zero-order valence-electron chi connectivity index (χ0n) is 9.57. The Hall–Kier alpha value is -1.95. The van der Waals surface area contributed by atoms with Crippen molar-refractivity contribution in [2.75, 3.05) is 5.73 Å². The number of hydrogen-bond donors (Lipinski definition) is 1. The largest absolute Gasteiger partial charge is 0.369 e. The summed E-state index contributed by atoms with van der Waals surface area (Å²) in [5.74, 6) is -1.78. The Kier molecular flexibility index (Phi) is 2.74. The van der Waals surface area contributed by atoms with Crippen molar-refractivity contribution in [1.82, 2.24) is 9.55 Å². The third kappa shape index (κ3) is 1.88. The van der Waals surface area contributed by atoms with Crippen molar-refractivity contribution in [3.8, 4) is 5.69 Å². The van der Waals surface area contributed by atoms with Gasteiger partial charge in [-0.15, -0.1) is 0 Å². The minimum absolute atomic E-state index is 0.0376. The second-order valence-electron chi connectivity index (χ2n) is 4.01. The van der Waals surface area contributed by atoms with Gasteiger partial charge >= 0.3 is 0 Å². The molecule has 0 saturated heterocycles. The third-order valence-corrected chi connectivity index (χ3v) is 3.30. The van der Waals surface area contributed by atoms with E-state index in [4.69, 9.17) is 5.73 Å². The Morgan fingerprint density at radius 3 is 2.68 bits per heavy atom. The third-order valence-electron chi connectivity index (χ3n) is 2.80. The molecule has 0 aliphatic heterocycles. The molecule has 3 aromatic rings. The monoisotopic (exact) mass is 323 g/mol. The Bertz CT molecular complexity index is 783. The van der Waals surface area contributed by atoms with E-state index in [1.54, 1.807) is 18.2 Å². The van der Waals surface area contributed by atoms with Gasteiger partial charge < -0.3 is 5.73 Å². The Morgan fingerprint density at radius 2 is 1.95 bits per heavy atom. The summed E-state index contributed by atoms with van der Waals surface area (Å²) in [6.07, 6.45) is 0. The minimum Gasteiger partial charge on any atom is -0.369 e. The molecular formula is C13H8BrF2N3. The Morgan fingerprint density at radius 1 is 1.16 bits per heavy atom. The van der Waals surface area contributed by atoms with Crippen LogP contribution >= 0.6 is 15.9 Å². The van der Waals surface area contributed by atoms with Crippen LogP contribution in [0.15, 0.2) is 40.9 Å². The number of nitrogens with zero attached hydrogens (tertiary/aromatic N) is 2. The quantitative estimate of drug-likeness (QED) is 0.742. The van der Waals surface area contributed by atoms with Gasteiger partial charge in [0.15, 0.2) is 11.6 Å². The Labute approximate surface area is 115 Å². The van der Waals surface area contributed by atoms with Crippen LogP contribution in [0.2, 0.25) is 0 Å². The van der Waals surface area contributed by atoms with E-state index < -0.39 is 11.6 Å². The smallest absolute Gasteiger partial charge is 0.206 e. The molecule has 0 amide bonds. The molecule has 0 atom stereocenters. The minimum atomic E-state index is -0.957. The number of hydrogen-bond acceptors (Lipinski definition) is 2. The molecule has 2 aromatic carbocycles. The maximum atomic E-state index is 14.0. The maximum absolute atomic E-state index is 14.0. The van der Waals surface area contributed by atoms with E-state index in [0.717, 1.165) is 10.5 Å². The molecule has 0 saturated carbocycles. The molecule has 0 radical (unpaired) electrons. The predicted octanol–water partition coefficient (Wildman–Crippen LogP) is 3.65. The lowest BCUT2D eigenvalue weighted by atomic mass is 10.2. The van der Waals surface area contributed by atoms with E-state index >= 15 is 0 Å². The maximum Gasteiger partial charge on any atom is 0.206 e. The van der Waals surface area contributed by atoms with Crippen LogP contribution in [0.3, 0.4) is 0 Å². The first kappa shape index (κ1) is 12.1. The van der Waals surface area contributed by atoms with Crippen LogP contribution in [0.1, 0.15) is 0 Å². The number of imidazole rings is 1. The molecular weight excluding hydrogens is 316 g/mol. The number of rotatable bonds is 1. The van der Waals surface area contributed by atoms with Crippen LogP contribution in [-0.4, -0.2) is 9.55 Å². The van der Waals surface area contributed by atoms with Gasteiger partial charge in [-0.2, -0.15) is 0 Å². The highest BCUT2D eigenvalue weighted by atomic mass is 79.9. The average molecular weight is 324 g/mol. The lowest BCUT2D eigenvalue weighted by Gasteiger charge is -2.07. The molecule has 3 nitrogen and oxygen atoms in total. The van der Waals surface area contributed by atoms with Crippen molar-refractivity contribution in [1.29, 1.82) is 0 Å². The van der Waals surface area contributed by atoms with Gasteiger partial charge in [0.25, 0.3) is 0 Å². The summed E-state index contributed by atoms with van der Waals surface area (Å²) in [5.41, 5.74) is 6.77. The van der Waals surface area contributed by atoms with Crippen molar-refractivity contribution in [2.24, 2.45) is 0 Å². The van der Waals surface area contributed by atoms with E-state index in [1.807, 2.05) is 6.07 Å². The number of fused-ring (bicyclic) bond motifs is 1. The first-order chi connectivity index (χ1) is 9.08. The number of benzene rings is 2. The van der Waals surface area contributed by atoms with E-state index in [2.05, 4.69) is 20.9 Å². The molecule has 6 heteroatoms. The van der Waals surface area contributed by atoms with E-state index in [1.165, 1.54) is 10.6 Å². The standard InChI is InChI=1S/C13H8BrF2N3/c14-7-2-1-3-8(6-7)19-12-10(18-13(19)17)5-4-9(15)11(12)16/h1-6H,(H2,17,18). The van der Waals surface area contributed by atoms with Gasteiger partial charge in [0, 0.05) is 4.47 Å². The summed E-state index contributed by atoms with van der Waals surface area (Å²) in [6, 6.07) is 9.54. The first-order valence-corrected chi connectivity index (χ1v) is 6.25. The lowest BCUT2D eigenvalue weighted by Crippen LogP contribution is -2.02. The van der Waals surface area contributed by atoms with Gasteiger partial charge in [0.05, 0.1) is 11.2 Å². The van der Waals surface area contributed by atoms with E-state index in [0.29, 0.717) is 11.2 Å². The molecule has 0 spiro atoms. The number of nitrogens with two attached hydrogens (primary N) is 1. The van der Waals surface area contributed by atoms with Crippen molar-refractivity contribution in [3.63, 3.8) is 0 Å². The lowest BCUT2D eigenvalue weighted by molar-refractivity contribution is 0.514. The molecule has 0 aliphatic rings. The molecule has 0 bridgehead atoms. The number of halogens is 3. The van der Waals surface area contributed by atoms with Gasteiger partial charge in [0.2, 0.25) is 5.95 Å². The summed E-state index contributed by atoms with van der Waals surface area (Å²) in [5, 5.41) is 0. The van der Waals surface area contributed by atoms with Crippen LogP contribution < -0.4 is 5.73 Å². The molecule has 2 N–H and O–H groups in total. The van der Waals surface area contributed by atoms with Gasteiger partial charge in [-0.3, -0.25) is 4.57 Å². The fraction of sp³-hybridized carbons (Fsp3) is 0. The van der Waals surface area contributed by atoms with Crippen molar-refractivity contribution < 1.29 is 8.78 Å². The van der Waals surface area contributed by atoms with Crippen LogP contribution in [0, 0.1) is 11.6 Å². The molecule has 0 aliphatic carbocycles. The second kappa shape index (κ2) is 4.31. The number of anilines is 1. The average Bonchev–Trinajstić information content (AvgIpc) is 2.71. The zero-order valence-corrected chi connectivity index (χ0v) is 11.2. The summed E-state index contributed by atoms with van der Waals surface area (Å²) in [7, 11) is 0. The number of nitrogen functional groups attached to an aromatic ring is 1. The fourth-order valence-corrected chi connectivity index (χ4v) is 2.38. The van der Waals surface area contributed by atoms with Gasteiger partial charge in [-0.05, 0) is 30.3 Å². The SMILES string of the molecule is Nc1nc2ccc(F)c(F)c2n1-c1cccc(Br)c1. The van der Waals surface area contributed by atoms with Crippen molar-refractivity contribution in [2.45, 2.75) is 0 Å². The zero-order chi connectivity index (χ0) is 13.6. The van der Waals surface area contributed by atoms with Crippen LogP contribution in [0.4, 0.5) is 14.7 Å². The summed E-state index contributed by atoms with van der Waals surface area (Å²) < 4.78 is 29.5. The Balaban J connectivity index is 2.40. The first-order valence-electron chi connectivity index (χ1n) is 5.46. The van der Waals surface area contributed by atoms with Gasteiger partial charge in [-0.1, -0.05) is 22.0 Å². The molecule has 0 fully saturated rings. The summed E-state index contributed by atoms with van der Waals surface area (Å²) in [6.45, 7) is 0. The highest BCUT2D eigenvalue weighted by molar-refractivity contribution is 9.10. The van der Waals surface area contributed by atoms with Crippen molar-refractivity contribution in [3.05, 3.63) is 52.5 Å². The molecule has 19 heavy (non-hydrogen) atoms. The predicted molar refractivity (Wildman–Crippen MR) is 73.1 cm³/mol. The molecule has 0 unspecified atom stereocenters. The van der Waals surface area contributed by atoms with Crippen LogP contribution in [-0.2, 0) is 0 Å². The fourth-order valence-electron chi connectivity index (χ4n) is 2.00. The van der Waals surface area contributed by atoms with E-state index in [-0.39, 0.29) is 11.5 Å². The van der Waals surface area contributed by atoms with Crippen LogP contribution in [0.5, 0.6) is 0 Å². The highest BCUT2D eigenvalue weighted by Gasteiger charge is 2.17. The molecule has 96 valence electrons. The normalized spacial score (nSPS) is 11.1. The molecule has 1 heterocycles. The van der Waals surface area contributed by atoms with E-state index in [9.17, 15) is 8.78 Å². The van der Waals surface area contributed by atoms with Gasteiger partial charge in [0.1, 0.15) is 5.52 Å². The molecule has 1 aromatic heterocycles.